The molecule has 0 aromatic rings. The largest absolute Gasteiger partial charge is 0.481 e. The summed E-state index contributed by atoms with van der Waals surface area (Å²) >= 11 is 3.12. The monoisotopic (exact) mass is 225 g/mol. The maximum Gasteiger partial charge on any atom is 0.309 e. The average Bonchev–Trinajstić information content (AvgIpc) is 2.17. The first kappa shape index (κ1) is 8.93. The number of aliphatic carboxylic acids is 1. The van der Waals surface area contributed by atoms with Gasteiger partial charge in [0.15, 0.2) is 0 Å². The van der Waals surface area contributed by atoms with Crippen LogP contribution in [0.2, 0.25) is 0 Å². The zero-order chi connectivity index (χ0) is 8.59. The molecule has 0 unspecified atom stereocenters. The fourth-order valence-corrected chi connectivity index (χ4v) is 1.93. The number of carbonyl (C=O) groups is 1. The lowest BCUT2D eigenvalue weighted by Gasteiger charge is -2.10. The molecule has 0 aromatic carbocycles. The summed E-state index contributed by atoms with van der Waals surface area (Å²) in [4.78, 5) is 10.2. The van der Waals surface area contributed by atoms with Crippen molar-refractivity contribution in [1.29, 1.82) is 0 Å². The van der Waals surface area contributed by atoms with Crippen LogP contribution in [0.15, 0.2) is 0 Å². The van der Waals surface area contributed by atoms with Crippen molar-refractivity contribution >= 4 is 21.9 Å². The first-order valence-electron chi connectivity index (χ1n) is 3.30. The summed E-state index contributed by atoms with van der Waals surface area (Å²) in [5.41, 5.74) is 5.36. The first-order chi connectivity index (χ1) is 5.04. The molecule has 1 saturated carbocycles. The molecule has 0 spiro atoms. The van der Waals surface area contributed by atoms with Crippen molar-refractivity contribution in [3.8, 4) is 0 Å². The van der Waals surface area contributed by atoms with Crippen molar-refractivity contribution in [2.75, 3.05) is 0 Å². The Morgan fingerprint density at radius 1 is 1.73 bits per heavy atom. The number of carboxylic acid groups (broad SMARTS) is 1. The highest BCUT2D eigenvalue weighted by Crippen LogP contribution is 2.32. The van der Waals surface area contributed by atoms with Gasteiger partial charge in [-0.1, -0.05) is 15.9 Å². The number of hydrogen-bond donors (Lipinski definition) is 2. The van der Waals surface area contributed by atoms with Crippen molar-refractivity contribution < 1.29 is 14.3 Å². The number of halogens is 2. The van der Waals surface area contributed by atoms with Crippen molar-refractivity contribution in [3.05, 3.63) is 0 Å². The smallest absolute Gasteiger partial charge is 0.309 e. The minimum Gasteiger partial charge on any atom is -0.481 e. The molecule has 1 aliphatic rings. The van der Waals surface area contributed by atoms with E-state index in [-0.39, 0.29) is 11.2 Å². The van der Waals surface area contributed by atoms with Crippen LogP contribution in [-0.2, 0) is 4.79 Å². The minimum absolute atomic E-state index is 0.210. The maximum absolute atomic E-state index is 12.9. The molecule has 5 heteroatoms. The van der Waals surface area contributed by atoms with Gasteiger partial charge in [0.05, 0.1) is 5.92 Å². The van der Waals surface area contributed by atoms with Crippen LogP contribution in [0.5, 0.6) is 0 Å². The van der Waals surface area contributed by atoms with Gasteiger partial charge in [0.2, 0.25) is 0 Å². The zero-order valence-electron chi connectivity index (χ0n) is 5.71. The Morgan fingerprint density at radius 3 is 2.45 bits per heavy atom. The molecule has 0 aromatic heterocycles. The summed E-state index contributed by atoms with van der Waals surface area (Å²) < 4.78 is 12.9. The normalized spacial score (nSPS) is 44.3. The number of nitrogens with two attached hydrogens (primary N) is 1. The first-order valence-corrected chi connectivity index (χ1v) is 4.22. The van der Waals surface area contributed by atoms with Crippen LogP contribution >= 0.6 is 15.9 Å². The summed E-state index contributed by atoms with van der Waals surface area (Å²) in [6.07, 6.45) is -1.14. The lowest BCUT2D eigenvalue weighted by molar-refractivity contribution is -0.143. The molecule has 4 atom stereocenters. The SMILES string of the molecule is N[C@H]1[C@H](F)[C@@H](C(=O)O)C[C@@H]1Br. The molecule has 1 aliphatic carbocycles. The Labute approximate surface area is 71.9 Å². The molecule has 0 aliphatic heterocycles. The third-order valence-corrected chi connectivity index (χ3v) is 2.95. The molecule has 0 radical (unpaired) electrons. The number of carboxylic acids is 1. The minimum atomic E-state index is -1.42. The summed E-state index contributed by atoms with van der Waals surface area (Å²) in [7, 11) is 0. The summed E-state index contributed by atoms with van der Waals surface area (Å²) in [5.74, 6) is -2.04. The van der Waals surface area contributed by atoms with Crippen LogP contribution in [0.3, 0.4) is 0 Å². The highest BCUT2D eigenvalue weighted by Gasteiger charge is 2.44. The van der Waals surface area contributed by atoms with E-state index in [0.717, 1.165) is 0 Å². The van der Waals surface area contributed by atoms with Gasteiger partial charge >= 0.3 is 5.97 Å². The molecule has 3 N–H and O–H groups in total. The number of alkyl halides is 2. The van der Waals surface area contributed by atoms with Gasteiger partial charge < -0.3 is 10.8 Å². The van der Waals surface area contributed by atoms with E-state index in [0.29, 0.717) is 0 Å². The molecule has 64 valence electrons. The number of rotatable bonds is 1. The van der Waals surface area contributed by atoms with Crippen LogP contribution in [0, 0.1) is 5.92 Å². The van der Waals surface area contributed by atoms with E-state index in [2.05, 4.69) is 15.9 Å². The van der Waals surface area contributed by atoms with E-state index in [1.807, 2.05) is 0 Å². The van der Waals surface area contributed by atoms with Crippen LogP contribution in [0.1, 0.15) is 6.42 Å². The molecule has 11 heavy (non-hydrogen) atoms. The van der Waals surface area contributed by atoms with Crippen molar-refractivity contribution in [2.24, 2.45) is 11.7 Å². The predicted octanol–water partition coefficient (Wildman–Crippen LogP) is 0.520. The Balaban J connectivity index is 2.67. The van der Waals surface area contributed by atoms with Gasteiger partial charge in [0.25, 0.3) is 0 Å². The molecular weight excluding hydrogens is 217 g/mol. The second-order valence-electron chi connectivity index (χ2n) is 2.72. The number of hydrogen-bond acceptors (Lipinski definition) is 2. The molecule has 0 amide bonds. The second-order valence-corrected chi connectivity index (χ2v) is 3.89. The van der Waals surface area contributed by atoms with Crippen LogP contribution in [-0.4, -0.2) is 28.1 Å². The van der Waals surface area contributed by atoms with Crippen molar-refractivity contribution in [1.82, 2.24) is 0 Å². The fourth-order valence-electron chi connectivity index (χ4n) is 1.23. The van der Waals surface area contributed by atoms with E-state index in [1.54, 1.807) is 0 Å². The summed E-state index contributed by atoms with van der Waals surface area (Å²) in [5, 5.41) is 8.50. The zero-order valence-corrected chi connectivity index (χ0v) is 7.29. The van der Waals surface area contributed by atoms with Crippen molar-refractivity contribution in [3.63, 3.8) is 0 Å². The van der Waals surface area contributed by atoms with E-state index in [4.69, 9.17) is 10.8 Å². The van der Waals surface area contributed by atoms with E-state index < -0.39 is 24.1 Å². The summed E-state index contributed by atoms with van der Waals surface area (Å²) in [6.45, 7) is 0. The molecule has 3 nitrogen and oxygen atoms in total. The van der Waals surface area contributed by atoms with Crippen LogP contribution < -0.4 is 5.73 Å². The topological polar surface area (TPSA) is 63.3 Å². The Hall–Kier alpha value is -0.160. The van der Waals surface area contributed by atoms with Crippen molar-refractivity contribution in [2.45, 2.75) is 23.5 Å². The van der Waals surface area contributed by atoms with Gasteiger partial charge in [-0.15, -0.1) is 0 Å². The maximum atomic E-state index is 12.9. The lowest BCUT2D eigenvalue weighted by Crippen LogP contribution is -2.35. The summed E-state index contributed by atoms with van der Waals surface area (Å²) in [6, 6.07) is -0.684. The van der Waals surface area contributed by atoms with Gasteiger partial charge in [-0.05, 0) is 6.42 Å². The highest BCUT2D eigenvalue weighted by molar-refractivity contribution is 9.09. The van der Waals surface area contributed by atoms with Gasteiger partial charge in [0, 0.05) is 10.9 Å². The van der Waals surface area contributed by atoms with E-state index in [1.165, 1.54) is 0 Å². The molecule has 0 saturated heterocycles. The Bertz CT molecular complexity index is 178. The lowest BCUT2D eigenvalue weighted by atomic mass is 10.1. The standard InChI is InChI=1S/C6H9BrFNO2/c7-3-1-2(6(10)11)4(8)5(3)9/h2-5H,1,9H2,(H,10,11)/t2-,3-,4+,5+/m0/s1. The third kappa shape index (κ3) is 1.54. The van der Waals surface area contributed by atoms with E-state index >= 15 is 0 Å². The third-order valence-electron chi connectivity index (χ3n) is 1.97. The fraction of sp³-hybridized carbons (Fsp3) is 0.833. The van der Waals surface area contributed by atoms with Gasteiger partial charge in [0.1, 0.15) is 6.17 Å². The quantitative estimate of drug-likeness (QED) is 0.640. The van der Waals surface area contributed by atoms with Crippen LogP contribution in [0.4, 0.5) is 4.39 Å². The molecule has 0 heterocycles. The molecule has 1 fully saturated rings. The molecule has 1 rings (SSSR count). The van der Waals surface area contributed by atoms with E-state index in [9.17, 15) is 9.18 Å². The van der Waals surface area contributed by atoms with Crippen LogP contribution in [0.25, 0.3) is 0 Å². The Morgan fingerprint density at radius 2 is 2.27 bits per heavy atom. The van der Waals surface area contributed by atoms with Gasteiger partial charge in [-0.2, -0.15) is 0 Å². The van der Waals surface area contributed by atoms with Gasteiger partial charge in [-0.3, -0.25) is 4.79 Å². The predicted molar refractivity (Wildman–Crippen MR) is 41.3 cm³/mol. The average molecular weight is 226 g/mol. The molecular formula is C6H9BrFNO2. The Kier molecular flexibility index (Phi) is 2.49. The second kappa shape index (κ2) is 3.06. The molecule has 0 bridgehead atoms. The highest BCUT2D eigenvalue weighted by atomic mass is 79.9. The van der Waals surface area contributed by atoms with Gasteiger partial charge in [-0.25, -0.2) is 4.39 Å².